The molecule has 1 unspecified atom stereocenters. The maximum Gasteiger partial charge on any atom is 0.0361 e. The van der Waals surface area contributed by atoms with Crippen molar-refractivity contribution in [3.05, 3.63) is 29.8 Å². The quantitative estimate of drug-likeness (QED) is 0.873. The van der Waals surface area contributed by atoms with E-state index in [0.717, 1.165) is 18.6 Å². The number of benzene rings is 1. The van der Waals surface area contributed by atoms with Crippen molar-refractivity contribution >= 4 is 5.69 Å². The van der Waals surface area contributed by atoms with E-state index in [1.165, 1.54) is 43.6 Å². The van der Waals surface area contributed by atoms with Gasteiger partial charge in [0.2, 0.25) is 0 Å². The number of likely N-dealkylation sites (tertiary alicyclic amines) is 1. The summed E-state index contributed by atoms with van der Waals surface area (Å²) in [6.07, 6.45) is 4.09. The molecule has 1 aromatic carbocycles. The van der Waals surface area contributed by atoms with E-state index in [-0.39, 0.29) is 0 Å². The van der Waals surface area contributed by atoms with Crippen LogP contribution in [0.4, 0.5) is 5.69 Å². The summed E-state index contributed by atoms with van der Waals surface area (Å²) in [5.41, 5.74) is 2.70. The van der Waals surface area contributed by atoms with Crippen LogP contribution < -0.4 is 10.2 Å². The van der Waals surface area contributed by atoms with Crippen molar-refractivity contribution in [1.82, 2.24) is 10.2 Å². The zero-order chi connectivity index (χ0) is 13.2. The zero-order valence-electron chi connectivity index (χ0n) is 12.1. The summed E-state index contributed by atoms with van der Waals surface area (Å²) in [5.74, 6) is 0. The summed E-state index contributed by atoms with van der Waals surface area (Å²) >= 11 is 0. The Balaban J connectivity index is 1.50. The topological polar surface area (TPSA) is 18.5 Å². The predicted octanol–water partition coefficient (Wildman–Crippen LogP) is 2.08. The van der Waals surface area contributed by atoms with Crippen molar-refractivity contribution in [3.8, 4) is 0 Å². The first kappa shape index (κ1) is 12.9. The first-order chi connectivity index (χ1) is 9.20. The molecule has 1 N–H and O–H groups in total. The van der Waals surface area contributed by atoms with Gasteiger partial charge >= 0.3 is 0 Å². The average molecular weight is 259 g/mol. The van der Waals surface area contributed by atoms with Gasteiger partial charge in [-0.15, -0.1) is 0 Å². The highest BCUT2D eigenvalue weighted by Crippen LogP contribution is 2.23. The van der Waals surface area contributed by atoms with E-state index in [1.54, 1.807) is 0 Å². The number of hydrogen-bond acceptors (Lipinski definition) is 3. The van der Waals surface area contributed by atoms with Gasteiger partial charge in [-0.1, -0.05) is 12.1 Å². The average Bonchev–Trinajstić information content (AvgIpc) is 3.10. The van der Waals surface area contributed by atoms with Gasteiger partial charge in [-0.05, 0) is 37.0 Å². The van der Waals surface area contributed by atoms with Gasteiger partial charge in [-0.3, -0.25) is 4.90 Å². The van der Waals surface area contributed by atoms with Crippen LogP contribution in [0.5, 0.6) is 0 Å². The van der Waals surface area contributed by atoms with E-state index >= 15 is 0 Å². The smallest absolute Gasteiger partial charge is 0.0361 e. The van der Waals surface area contributed by atoms with Crippen molar-refractivity contribution < 1.29 is 0 Å². The lowest BCUT2D eigenvalue weighted by Gasteiger charge is -2.18. The highest BCUT2D eigenvalue weighted by atomic mass is 15.2. The Morgan fingerprint density at radius 2 is 1.84 bits per heavy atom. The maximum absolute atomic E-state index is 3.74. The van der Waals surface area contributed by atoms with Crippen molar-refractivity contribution in [2.45, 2.75) is 37.9 Å². The molecule has 2 aliphatic rings. The van der Waals surface area contributed by atoms with Crippen LogP contribution in [0.25, 0.3) is 0 Å². The molecular formula is C16H25N3. The molecule has 0 aromatic heterocycles. The number of nitrogens with zero attached hydrogens (tertiary/aromatic N) is 2. The van der Waals surface area contributed by atoms with E-state index in [2.05, 4.69) is 53.5 Å². The van der Waals surface area contributed by atoms with Crippen molar-refractivity contribution in [3.63, 3.8) is 0 Å². The largest absolute Gasteiger partial charge is 0.378 e. The fourth-order valence-corrected chi connectivity index (χ4v) is 2.85. The minimum absolute atomic E-state index is 0.730. The van der Waals surface area contributed by atoms with E-state index in [4.69, 9.17) is 0 Å². The standard InChI is InChI=1S/C16H25N3/c1-18(2)16-7-3-13(4-8-16)11-19-10-9-15(12-19)17-14-5-6-14/h3-4,7-8,14-15,17H,5-6,9-12H2,1-2H3. The molecule has 2 fully saturated rings. The van der Waals surface area contributed by atoms with Gasteiger partial charge in [-0.25, -0.2) is 0 Å². The predicted molar refractivity (Wildman–Crippen MR) is 80.6 cm³/mol. The first-order valence-electron chi connectivity index (χ1n) is 7.45. The highest BCUT2D eigenvalue weighted by Gasteiger charge is 2.28. The Bertz CT molecular complexity index is 409. The lowest BCUT2D eigenvalue weighted by Crippen LogP contribution is -2.33. The van der Waals surface area contributed by atoms with Crippen LogP contribution in [0.3, 0.4) is 0 Å². The Kier molecular flexibility index (Phi) is 3.76. The molecule has 1 aromatic rings. The molecular weight excluding hydrogens is 234 g/mol. The van der Waals surface area contributed by atoms with Gasteiger partial charge in [0.25, 0.3) is 0 Å². The van der Waals surface area contributed by atoms with E-state index in [0.29, 0.717) is 0 Å². The molecule has 0 spiro atoms. The fourth-order valence-electron chi connectivity index (χ4n) is 2.85. The Labute approximate surface area is 116 Å². The maximum atomic E-state index is 3.74. The normalized spacial score (nSPS) is 23.8. The van der Waals surface area contributed by atoms with Crippen LogP contribution in [0, 0.1) is 0 Å². The van der Waals surface area contributed by atoms with Crippen LogP contribution in [-0.4, -0.2) is 44.2 Å². The molecule has 1 atom stereocenters. The van der Waals surface area contributed by atoms with Gasteiger partial charge in [0.05, 0.1) is 0 Å². The summed E-state index contributed by atoms with van der Waals surface area (Å²) in [5, 5.41) is 3.74. The van der Waals surface area contributed by atoms with E-state index in [9.17, 15) is 0 Å². The number of anilines is 1. The fraction of sp³-hybridized carbons (Fsp3) is 0.625. The van der Waals surface area contributed by atoms with Gasteiger partial charge < -0.3 is 10.2 Å². The molecule has 3 nitrogen and oxygen atoms in total. The Morgan fingerprint density at radius 1 is 1.11 bits per heavy atom. The van der Waals surface area contributed by atoms with Gasteiger partial charge in [0.15, 0.2) is 0 Å². The van der Waals surface area contributed by atoms with Gasteiger partial charge in [0.1, 0.15) is 0 Å². The van der Waals surface area contributed by atoms with Crippen molar-refractivity contribution in [2.75, 3.05) is 32.1 Å². The molecule has 0 radical (unpaired) electrons. The Morgan fingerprint density at radius 3 is 2.47 bits per heavy atom. The number of rotatable bonds is 5. The van der Waals surface area contributed by atoms with Crippen LogP contribution >= 0.6 is 0 Å². The third-order valence-electron chi connectivity index (χ3n) is 4.18. The van der Waals surface area contributed by atoms with E-state index in [1.807, 2.05) is 0 Å². The monoisotopic (exact) mass is 259 g/mol. The van der Waals surface area contributed by atoms with E-state index < -0.39 is 0 Å². The molecule has 104 valence electrons. The highest BCUT2D eigenvalue weighted by molar-refractivity contribution is 5.45. The minimum Gasteiger partial charge on any atom is -0.378 e. The molecule has 3 rings (SSSR count). The SMILES string of the molecule is CN(C)c1ccc(CN2CCC(NC3CC3)C2)cc1. The van der Waals surface area contributed by atoms with Gasteiger partial charge in [0, 0.05) is 51.5 Å². The summed E-state index contributed by atoms with van der Waals surface area (Å²) in [6.45, 7) is 3.54. The molecule has 19 heavy (non-hydrogen) atoms. The molecule has 1 heterocycles. The second-order valence-electron chi connectivity index (χ2n) is 6.22. The molecule has 1 saturated carbocycles. The number of hydrogen-bond donors (Lipinski definition) is 1. The van der Waals surface area contributed by atoms with Crippen molar-refractivity contribution in [2.24, 2.45) is 0 Å². The second-order valence-corrected chi connectivity index (χ2v) is 6.22. The van der Waals surface area contributed by atoms with Crippen LogP contribution in [0.15, 0.2) is 24.3 Å². The molecule has 1 aliphatic carbocycles. The van der Waals surface area contributed by atoms with Crippen LogP contribution in [-0.2, 0) is 6.54 Å². The van der Waals surface area contributed by atoms with Crippen molar-refractivity contribution in [1.29, 1.82) is 0 Å². The second kappa shape index (κ2) is 5.51. The molecule has 1 saturated heterocycles. The summed E-state index contributed by atoms with van der Waals surface area (Å²) in [6, 6.07) is 10.5. The molecule has 1 aliphatic heterocycles. The third kappa shape index (κ3) is 3.48. The van der Waals surface area contributed by atoms with Crippen LogP contribution in [0.1, 0.15) is 24.8 Å². The third-order valence-corrected chi connectivity index (χ3v) is 4.18. The Hall–Kier alpha value is -1.06. The molecule has 0 amide bonds. The zero-order valence-corrected chi connectivity index (χ0v) is 12.1. The summed E-state index contributed by atoms with van der Waals surface area (Å²) in [7, 11) is 4.17. The summed E-state index contributed by atoms with van der Waals surface area (Å²) in [4.78, 5) is 4.72. The molecule has 3 heteroatoms. The lowest BCUT2D eigenvalue weighted by molar-refractivity contribution is 0.320. The first-order valence-corrected chi connectivity index (χ1v) is 7.45. The lowest BCUT2D eigenvalue weighted by atomic mass is 10.2. The minimum atomic E-state index is 0.730. The molecule has 0 bridgehead atoms. The summed E-state index contributed by atoms with van der Waals surface area (Å²) < 4.78 is 0. The number of nitrogens with one attached hydrogen (secondary N) is 1. The van der Waals surface area contributed by atoms with Crippen LogP contribution in [0.2, 0.25) is 0 Å². The van der Waals surface area contributed by atoms with Gasteiger partial charge in [-0.2, -0.15) is 0 Å².